The second-order valence-corrected chi connectivity index (χ2v) is 3.74. The van der Waals surface area contributed by atoms with Gasteiger partial charge in [-0.05, 0) is 36.8 Å². The molecule has 0 unspecified atom stereocenters. The summed E-state index contributed by atoms with van der Waals surface area (Å²) in [4.78, 5) is 0. The van der Waals surface area contributed by atoms with E-state index in [-0.39, 0.29) is 5.75 Å². The summed E-state index contributed by atoms with van der Waals surface area (Å²) in [5, 5.41) is 9.11. The number of ether oxygens (including phenoxy) is 1. The summed E-state index contributed by atoms with van der Waals surface area (Å²) < 4.78 is 5.30. The van der Waals surface area contributed by atoms with Crippen molar-refractivity contribution in [2.24, 2.45) is 11.5 Å². The average molecular weight is 264 g/mol. The van der Waals surface area contributed by atoms with Gasteiger partial charge in [0.1, 0.15) is 5.75 Å². The van der Waals surface area contributed by atoms with E-state index in [9.17, 15) is 0 Å². The van der Waals surface area contributed by atoms with E-state index in [4.69, 9.17) is 21.3 Å². The van der Waals surface area contributed by atoms with Gasteiger partial charge in [-0.3, -0.25) is 0 Å². The van der Waals surface area contributed by atoms with E-state index in [1.54, 1.807) is 31.2 Å². The van der Waals surface area contributed by atoms with Crippen LogP contribution in [-0.2, 0) is 11.2 Å². The second-order valence-electron chi connectivity index (χ2n) is 3.74. The molecule has 1 aromatic carbocycles. The molecule has 0 aliphatic heterocycles. The molecule has 0 aliphatic carbocycles. The lowest BCUT2D eigenvalue weighted by Crippen LogP contribution is -2.06. The number of rotatable bonds is 5. The fourth-order valence-corrected chi connectivity index (χ4v) is 1.21. The van der Waals surface area contributed by atoms with Gasteiger partial charge in [0.2, 0.25) is 0 Å². The van der Waals surface area contributed by atoms with E-state index in [1.807, 2.05) is 26.0 Å². The summed E-state index contributed by atoms with van der Waals surface area (Å²) in [6, 6.07) is 7.00. The highest BCUT2D eigenvalue weighted by molar-refractivity contribution is 5.25. The molecule has 106 valence electrons. The number of nitrogens with two attached hydrogens (primary N) is 2. The molecule has 19 heavy (non-hydrogen) atoms. The number of allylic oxidation sites excluding steroid dienone is 3. The minimum Gasteiger partial charge on any atom is -0.508 e. The summed E-state index contributed by atoms with van der Waals surface area (Å²) in [7, 11) is 0. The van der Waals surface area contributed by atoms with Crippen LogP contribution in [0.3, 0.4) is 0 Å². The maximum atomic E-state index is 9.11. The second kappa shape index (κ2) is 9.88. The lowest BCUT2D eigenvalue weighted by Gasteiger charge is -2.05. The highest BCUT2D eigenvalue weighted by Gasteiger charge is 1.95. The molecule has 0 bridgehead atoms. The van der Waals surface area contributed by atoms with Gasteiger partial charge in [0, 0.05) is 12.1 Å². The fourth-order valence-electron chi connectivity index (χ4n) is 1.21. The molecule has 4 heteroatoms. The molecule has 1 rings (SSSR count). The zero-order valence-electron chi connectivity index (χ0n) is 11.9. The molecule has 0 saturated carbocycles. The smallest absolute Gasteiger partial charge is 0.183 e. The van der Waals surface area contributed by atoms with Crippen LogP contribution in [0, 0.1) is 0 Å². The molecular formula is C15H24N2O2. The summed E-state index contributed by atoms with van der Waals surface area (Å²) in [5.41, 5.74) is 12.8. The Morgan fingerprint density at radius 2 is 1.74 bits per heavy atom. The van der Waals surface area contributed by atoms with Gasteiger partial charge in [-0.25, -0.2) is 0 Å². The zero-order valence-corrected chi connectivity index (χ0v) is 11.9. The molecule has 0 saturated heterocycles. The van der Waals surface area contributed by atoms with Crippen molar-refractivity contribution in [3.05, 3.63) is 53.6 Å². The predicted molar refractivity (Wildman–Crippen MR) is 79.3 cm³/mol. The molecule has 0 radical (unpaired) electrons. The van der Waals surface area contributed by atoms with Crippen molar-refractivity contribution in [2.75, 3.05) is 6.61 Å². The highest BCUT2D eigenvalue weighted by atomic mass is 16.5. The lowest BCUT2D eigenvalue weighted by atomic mass is 10.1. The van der Waals surface area contributed by atoms with Crippen LogP contribution in [0.2, 0.25) is 0 Å². The first-order chi connectivity index (χ1) is 9.08. The van der Waals surface area contributed by atoms with E-state index < -0.39 is 0 Å². The quantitative estimate of drug-likeness (QED) is 0.564. The number of phenolic OH excluding ortho intramolecular Hbond substituents is 1. The molecule has 4 nitrogen and oxygen atoms in total. The fraction of sp³-hybridized carbons (Fsp3) is 0.333. The van der Waals surface area contributed by atoms with Crippen LogP contribution < -0.4 is 11.5 Å². The molecule has 0 amide bonds. The van der Waals surface area contributed by atoms with Gasteiger partial charge >= 0.3 is 0 Å². The average Bonchev–Trinajstić information content (AvgIpc) is 2.41. The third-order valence-electron chi connectivity index (χ3n) is 2.11. The molecular weight excluding hydrogens is 240 g/mol. The minimum absolute atomic E-state index is 0.262. The van der Waals surface area contributed by atoms with Crippen LogP contribution in [0.15, 0.2) is 48.0 Å². The summed E-state index contributed by atoms with van der Waals surface area (Å²) >= 11 is 0. The van der Waals surface area contributed by atoms with Crippen LogP contribution in [0.1, 0.15) is 26.3 Å². The number of phenols is 1. The van der Waals surface area contributed by atoms with E-state index in [1.165, 1.54) is 0 Å². The maximum absolute atomic E-state index is 9.11. The molecule has 0 atom stereocenters. The number of hydrogen-bond donors (Lipinski definition) is 3. The number of hydrogen-bond acceptors (Lipinski definition) is 4. The zero-order chi connectivity index (χ0) is 14.7. The van der Waals surface area contributed by atoms with Crippen molar-refractivity contribution in [1.82, 2.24) is 0 Å². The van der Waals surface area contributed by atoms with E-state index >= 15 is 0 Å². The van der Waals surface area contributed by atoms with Crippen LogP contribution in [-0.4, -0.2) is 11.7 Å². The van der Waals surface area contributed by atoms with Gasteiger partial charge < -0.3 is 21.3 Å². The Morgan fingerprint density at radius 3 is 2.26 bits per heavy atom. The minimum atomic E-state index is 0.262. The topological polar surface area (TPSA) is 81.5 Å². The van der Waals surface area contributed by atoms with Crippen LogP contribution in [0.5, 0.6) is 5.75 Å². The number of benzene rings is 1. The van der Waals surface area contributed by atoms with Crippen molar-refractivity contribution in [3.63, 3.8) is 0 Å². The van der Waals surface area contributed by atoms with Gasteiger partial charge in [0.05, 0.1) is 6.61 Å². The van der Waals surface area contributed by atoms with Gasteiger partial charge in [-0.2, -0.15) is 0 Å². The van der Waals surface area contributed by atoms with Crippen molar-refractivity contribution in [1.29, 1.82) is 0 Å². The predicted octanol–water partition coefficient (Wildman–Crippen LogP) is 2.64. The van der Waals surface area contributed by atoms with E-state index in [0.717, 1.165) is 12.0 Å². The SMILES string of the molecule is C/C(N)=C/C=C(\N)OCCc1ccc(O)cc1.CC. The molecule has 5 N–H and O–H groups in total. The maximum Gasteiger partial charge on any atom is 0.183 e. The van der Waals surface area contributed by atoms with Gasteiger partial charge in [-0.15, -0.1) is 0 Å². The first-order valence-electron chi connectivity index (χ1n) is 6.38. The molecule has 0 spiro atoms. The van der Waals surface area contributed by atoms with Crippen molar-refractivity contribution in [3.8, 4) is 5.75 Å². The monoisotopic (exact) mass is 264 g/mol. The molecule has 1 aromatic rings. The normalized spacial score (nSPS) is 11.5. The Bertz CT molecular complexity index is 405. The number of aromatic hydroxyl groups is 1. The third kappa shape index (κ3) is 8.60. The first-order valence-corrected chi connectivity index (χ1v) is 6.38. The largest absolute Gasteiger partial charge is 0.508 e. The Morgan fingerprint density at radius 1 is 1.16 bits per heavy atom. The summed E-state index contributed by atoms with van der Waals surface area (Å²) in [5.74, 6) is 0.603. The van der Waals surface area contributed by atoms with Gasteiger partial charge in [0.15, 0.2) is 5.88 Å². The Hall–Kier alpha value is -2.10. The third-order valence-corrected chi connectivity index (χ3v) is 2.11. The standard InChI is InChI=1S/C13H18N2O2.C2H6/c1-10(14)2-7-13(15)17-9-8-11-3-5-12(16)6-4-11;1-2/h2-7,16H,8-9,14-15H2,1H3;1-2H3/b10-2-,13-7+;. The Labute approximate surface area is 115 Å². The molecule has 0 fully saturated rings. The van der Waals surface area contributed by atoms with Crippen LogP contribution in [0.4, 0.5) is 0 Å². The van der Waals surface area contributed by atoms with Crippen molar-refractivity contribution < 1.29 is 9.84 Å². The lowest BCUT2D eigenvalue weighted by molar-refractivity contribution is 0.213. The molecule has 0 heterocycles. The first kappa shape index (κ1) is 16.9. The van der Waals surface area contributed by atoms with Crippen molar-refractivity contribution >= 4 is 0 Å². The molecule has 0 aromatic heterocycles. The molecule has 0 aliphatic rings. The Kier molecular flexibility index (Phi) is 8.79. The summed E-state index contributed by atoms with van der Waals surface area (Å²) in [6.45, 7) is 6.27. The Balaban J connectivity index is 0.00000154. The van der Waals surface area contributed by atoms with Crippen molar-refractivity contribution in [2.45, 2.75) is 27.2 Å². The van der Waals surface area contributed by atoms with E-state index in [0.29, 0.717) is 18.2 Å². The van der Waals surface area contributed by atoms with Gasteiger partial charge in [0.25, 0.3) is 0 Å². The van der Waals surface area contributed by atoms with Crippen LogP contribution in [0.25, 0.3) is 0 Å². The van der Waals surface area contributed by atoms with Crippen LogP contribution >= 0.6 is 0 Å². The van der Waals surface area contributed by atoms with Gasteiger partial charge in [-0.1, -0.05) is 26.0 Å². The summed E-state index contributed by atoms with van der Waals surface area (Å²) in [6.07, 6.45) is 4.06. The highest BCUT2D eigenvalue weighted by Crippen LogP contribution is 2.10. The van der Waals surface area contributed by atoms with E-state index in [2.05, 4.69) is 0 Å².